The van der Waals surface area contributed by atoms with E-state index < -0.39 is 5.97 Å². The smallest absolute Gasteiger partial charge is 0.385 e. The summed E-state index contributed by atoms with van der Waals surface area (Å²) >= 11 is 0. The summed E-state index contributed by atoms with van der Waals surface area (Å²) in [5.74, 6) is 0.0973. The van der Waals surface area contributed by atoms with E-state index in [1.807, 2.05) is 60.7 Å². The first kappa shape index (κ1) is 19.9. The lowest BCUT2D eigenvalue weighted by atomic mass is 10.1. The molecular weight excluding hydrogens is 392 g/mol. The zero-order valence-corrected chi connectivity index (χ0v) is 16.6. The molecule has 0 radical (unpaired) electrons. The molecule has 1 aromatic heterocycles. The summed E-state index contributed by atoms with van der Waals surface area (Å²) in [6.07, 6.45) is 1.62. The number of carbonyl (C=O) groups excluding carboxylic acids is 1. The normalized spacial score (nSPS) is 11.2. The van der Waals surface area contributed by atoms with Crippen LogP contribution < -0.4 is 10.5 Å². The zero-order valence-electron chi connectivity index (χ0n) is 16.6. The molecule has 1 heterocycles. The number of ether oxygens (including phenoxy) is 1. The summed E-state index contributed by atoms with van der Waals surface area (Å²) in [6.45, 7) is 0.146. The predicted octanol–water partition coefficient (Wildman–Crippen LogP) is 4.06. The standard InChI is InChI=1S/C24H20N4O3/c25-23(20-9-5-2-6-10-20)27-31-24(29)22-15-16-28(26-22)17-30-21-13-11-19(12-14-21)18-7-3-1-4-8-18/h1-16H,17H2,(H2,25,27). The fourth-order valence-electron chi connectivity index (χ4n) is 2.86. The van der Waals surface area contributed by atoms with Crippen molar-refractivity contribution in [2.75, 3.05) is 0 Å². The quantitative estimate of drug-likeness (QED) is 0.214. The molecule has 0 bridgehead atoms. The summed E-state index contributed by atoms with van der Waals surface area (Å²) in [5.41, 5.74) is 8.82. The Morgan fingerprint density at radius 1 is 0.871 bits per heavy atom. The highest BCUT2D eigenvalue weighted by Gasteiger charge is 2.12. The molecular formula is C24H20N4O3. The van der Waals surface area contributed by atoms with Crippen LogP contribution in [0.2, 0.25) is 0 Å². The number of nitrogens with zero attached hydrogens (tertiary/aromatic N) is 3. The molecule has 0 fully saturated rings. The molecule has 31 heavy (non-hydrogen) atoms. The molecule has 4 rings (SSSR count). The highest BCUT2D eigenvalue weighted by molar-refractivity contribution is 5.97. The maximum atomic E-state index is 12.1. The third-order valence-electron chi connectivity index (χ3n) is 4.47. The lowest BCUT2D eigenvalue weighted by Crippen LogP contribution is -2.15. The van der Waals surface area contributed by atoms with E-state index in [4.69, 9.17) is 15.3 Å². The maximum absolute atomic E-state index is 12.1. The Morgan fingerprint density at radius 2 is 1.52 bits per heavy atom. The SMILES string of the molecule is N/C(=N\OC(=O)c1ccn(COc2ccc(-c3ccccc3)cc2)n1)c1ccccc1. The van der Waals surface area contributed by atoms with Crippen LogP contribution in [0.25, 0.3) is 11.1 Å². The van der Waals surface area contributed by atoms with Gasteiger partial charge in [-0.05, 0) is 29.3 Å². The fourth-order valence-corrected chi connectivity index (χ4v) is 2.86. The van der Waals surface area contributed by atoms with Crippen molar-refractivity contribution in [3.8, 4) is 16.9 Å². The monoisotopic (exact) mass is 412 g/mol. The second kappa shape index (κ2) is 9.41. The van der Waals surface area contributed by atoms with Gasteiger partial charge in [0, 0.05) is 11.8 Å². The zero-order chi connectivity index (χ0) is 21.5. The van der Waals surface area contributed by atoms with Gasteiger partial charge in [-0.1, -0.05) is 78.0 Å². The number of rotatable bonds is 7. The van der Waals surface area contributed by atoms with E-state index >= 15 is 0 Å². The predicted molar refractivity (Wildman–Crippen MR) is 117 cm³/mol. The number of nitrogens with two attached hydrogens (primary N) is 1. The lowest BCUT2D eigenvalue weighted by molar-refractivity contribution is 0.0507. The minimum Gasteiger partial charge on any atom is -0.471 e. The molecule has 4 aromatic rings. The molecule has 0 aliphatic carbocycles. The van der Waals surface area contributed by atoms with Gasteiger partial charge in [0.05, 0.1) is 0 Å². The second-order valence-corrected chi connectivity index (χ2v) is 6.63. The molecule has 2 N–H and O–H groups in total. The van der Waals surface area contributed by atoms with Crippen LogP contribution in [0, 0.1) is 0 Å². The Bertz CT molecular complexity index is 1170. The van der Waals surface area contributed by atoms with Gasteiger partial charge in [0.2, 0.25) is 0 Å². The molecule has 0 aliphatic rings. The van der Waals surface area contributed by atoms with Crippen molar-refractivity contribution in [3.63, 3.8) is 0 Å². The molecule has 0 spiro atoms. The average Bonchev–Trinajstić information content (AvgIpc) is 3.32. The van der Waals surface area contributed by atoms with Crippen molar-refractivity contribution >= 4 is 11.8 Å². The molecule has 0 atom stereocenters. The summed E-state index contributed by atoms with van der Waals surface area (Å²) in [7, 11) is 0. The molecule has 0 saturated heterocycles. The van der Waals surface area contributed by atoms with Crippen LogP contribution >= 0.6 is 0 Å². The van der Waals surface area contributed by atoms with Crippen LogP contribution in [-0.4, -0.2) is 21.6 Å². The van der Waals surface area contributed by atoms with Crippen LogP contribution in [-0.2, 0) is 11.6 Å². The number of hydrogen-bond donors (Lipinski definition) is 1. The summed E-state index contributed by atoms with van der Waals surface area (Å²) in [6, 6.07) is 28.4. The lowest BCUT2D eigenvalue weighted by Gasteiger charge is -2.07. The van der Waals surface area contributed by atoms with Crippen LogP contribution in [0.5, 0.6) is 5.75 Å². The van der Waals surface area contributed by atoms with Crippen molar-refractivity contribution < 1.29 is 14.4 Å². The molecule has 154 valence electrons. The minimum atomic E-state index is -0.704. The van der Waals surface area contributed by atoms with Gasteiger partial charge >= 0.3 is 5.97 Å². The van der Waals surface area contributed by atoms with Crippen LogP contribution in [0.1, 0.15) is 16.1 Å². The number of amidine groups is 1. The van der Waals surface area contributed by atoms with E-state index in [9.17, 15) is 4.79 Å². The number of carbonyl (C=O) groups is 1. The summed E-state index contributed by atoms with van der Waals surface area (Å²) < 4.78 is 7.22. The van der Waals surface area contributed by atoms with E-state index in [-0.39, 0.29) is 18.3 Å². The molecule has 3 aromatic carbocycles. The Morgan fingerprint density at radius 3 is 2.23 bits per heavy atom. The molecule has 0 amide bonds. The van der Waals surface area contributed by atoms with Crippen molar-refractivity contribution in [3.05, 3.63) is 108 Å². The Hall–Kier alpha value is -4.39. The van der Waals surface area contributed by atoms with Gasteiger partial charge in [-0.3, -0.25) is 0 Å². The summed E-state index contributed by atoms with van der Waals surface area (Å²) in [5, 5.41) is 7.82. The van der Waals surface area contributed by atoms with Gasteiger partial charge in [0.25, 0.3) is 0 Å². The average molecular weight is 412 g/mol. The molecule has 7 nitrogen and oxygen atoms in total. The van der Waals surface area contributed by atoms with E-state index in [1.165, 1.54) is 10.7 Å². The third kappa shape index (κ3) is 5.16. The first-order valence-corrected chi connectivity index (χ1v) is 9.61. The highest BCUT2D eigenvalue weighted by atomic mass is 16.7. The van der Waals surface area contributed by atoms with Gasteiger partial charge in [0.15, 0.2) is 18.3 Å². The number of hydrogen-bond acceptors (Lipinski definition) is 5. The van der Waals surface area contributed by atoms with E-state index in [0.717, 1.165) is 11.1 Å². The van der Waals surface area contributed by atoms with Gasteiger partial charge in [-0.15, -0.1) is 0 Å². The van der Waals surface area contributed by atoms with Crippen molar-refractivity contribution in [1.82, 2.24) is 9.78 Å². The number of benzene rings is 3. The molecule has 7 heteroatoms. The number of aromatic nitrogens is 2. The Kier molecular flexibility index (Phi) is 6.04. The number of oxime groups is 1. The topological polar surface area (TPSA) is 91.7 Å². The second-order valence-electron chi connectivity index (χ2n) is 6.63. The van der Waals surface area contributed by atoms with Crippen molar-refractivity contribution in [2.24, 2.45) is 10.9 Å². The van der Waals surface area contributed by atoms with Gasteiger partial charge < -0.3 is 15.3 Å². The third-order valence-corrected chi connectivity index (χ3v) is 4.47. The van der Waals surface area contributed by atoms with Crippen LogP contribution in [0.3, 0.4) is 0 Å². The first-order chi connectivity index (χ1) is 15.2. The molecule has 0 unspecified atom stereocenters. The van der Waals surface area contributed by atoms with Crippen LogP contribution in [0.4, 0.5) is 0 Å². The van der Waals surface area contributed by atoms with Gasteiger partial charge in [-0.25, -0.2) is 9.48 Å². The highest BCUT2D eigenvalue weighted by Crippen LogP contribution is 2.22. The summed E-state index contributed by atoms with van der Waals surface area (Å²) in [4.78, 5) is 17.0. The van der Waals surface area contributed by atoms with Gasteiger partial charge in [0.1, 0.15) is 5.75 Å². The Balaban J connectivity index is 1.32. The molecule has 0 aliphatic heterocycles. The fraction of sp³-hybridized carbons (Fsp3) is 0.0417. The largest absolute Gasteiger partial charge is 0.471 e. The van der Waals surface area contributed by atoms with E-state index in [0.29, 0.717) is 11.3 Å². The van der Waals surface area contributed by atoms with Crippen LogP contribution in [0.15, 0.2) is 102 Å². The van der Waals surface area contributed by atoms with E-state index in [2.05, 4.69) is 22.4 Å². The van der Waals surface area contributed by atoms with Crippen molar-refractivity contribution in [1.29, 1.82) is 0 Å². The molecule has 0 saturated carbocycles. The van der Waals surface area contributed by atoms with Crippen molar-refractivity contribution in [2.45, 2.75) is 6.73 Å². The van der Waals surface area contributed by atoms with E-state index in [1.54, 1.807) is 18.3 Å². The Labute approximate surface area is 179 Å². The maximum Gasteiger partial charge on any atom is 0.385 e. The minimum absolute atomic E-state index is 0.104. The first-order valence-electron chi connectivity index (χ1n) is 9.61. The van der Waals surface area contributed by atoms with Gasteiger partial charge in [-0.2, -0.15) is 5.10 Å².